The molecule has 4 nitrogen and oxygen atoms in total. The van der Waals surface area contributed by atoms with E-state index in [9.17, 15) is 14.0 Å². The number of hydrogen-bond acceptors (Lipinski definition) is 2. The number of hydrogen-bond donors (Lipinski definition) is 1. The van der Waals surface area contributed by atoms with Crippen LogP contribution >= 0.6 is 23.2 Å². The van der Waals surface area contributed by atoms with Gasteiger partial charge in [0.2, 0.25) is 5.91 Å². The van der Waals surface area contributed by atoms with Gasteiger partial charge in [-0.05, 0) is 42.5 Å². The molecule has 0 heterocycles. The highest BCUT2D eigenvalue weighted by atomic mass is 35.5. The number of likely N-dealkylation sites (N-methyl/N-ethyl adjacent to an activating group) is 1. The van der Waals surface area contributed by atoms with Crippen molar-refractivity contribution in [3.63, 3.8) is 0 Å². The van der Waals surface area contributed by atoms with Crippen molar-refractivity contribution in [2.45, 2.75) is 0 Å². The van der Waals surface area contributed by atoms with Gasteiger partial charge < -0.3 is 10.2 Å². The summed E-state index contributed by atoms with van der Waals surface area (Å²) in [5.74, 6) is -1.38. The van der Waals surface area contributed by atoms with Crippen LogP contribution in [0.3, 0.4) is 0 Å². The van der Waals surface area contributed by atoms with E-state index in [2.05, 4.69) is 5.32 Å². The molecule has 0 unspecified atom stereocenters. The third-order valence-corrected chi connectivity index (χ3v) is 3.58. The van der Waals surface area contributed by atoms with Crippen LogP contribution in [0.2, 0.25) is 10.0 Å². The Bertz CT molecular complexity index is 735. The molecule has 0 fully saturated rings. The third kappa shape index (κ3) is 4.68. The van der Waals surface area contributed by atoms with Crippen LogP contribution in [0.15, 0.2) is 42.5 Å². The van der Waals surface area contributed by atoms with E-state index in [1.54, 1.807) is 24.3 Å². The fourth-order valence-corrected chi connectivity index (χ4v) is 2.26. The molecule has 0 aromatic heterocycles. The van der Waals surface area contributed by atoms with Crippen molar-refractivity contribution in [2.75, 3.05) is 18.9 Å². The Morgan fingerprint density at radius 2 is 1.78 bits per heavy atom. The molecule has 0 spiro atoms. The molecular formula is C16H13Cl2FN2O2. The van der Waals surface area contributed by atoms with E-state index in [0.717, 1.165) is 12.1 Å². The van der Waals surface area contributed by atoms with Crippen LogP contribution in [0.25, 0.3) is 0 Å². The maximum atomic E-state index is 13.0. The van der Waals surface area contributed by atoms with Gasteiger partial charge in [0.05, 0.1) is 17.1 Å². The molecule has 1 N–H and O–H groups in total. The zero-order valence-corrected chi connectivity index (χ0v) is 13.7. The Hall–Kier alpha value is -2.11. The highest BCUT2D eigenvalue weighted by molar-refractivity contribution is 6.33. The summed E-state index contributed by atoms with van der Waals surface area (Å²) in [5.41, 5.74) is 0.704. The van der Waals surface area contributed by atoms with Crippen molar-refractivity contribution in [3.8, 4) is 0 Å². The summed E-state index contributed by atoms with van der Waals surface area (Å²) in [5, 5.41) is 3.20. The number of carbonyl (C=O) groups excluding carboxylic acids is 2. The lowest BCUT2D eigenvalue weighted by Crippen LogP contribution is -2.35. The van der Waals surface area contributed by atoms with Crippen molar-refractivity contribution in [1.29, 1.82) is 0 Å². The van der Waals surface area contributed by atoms with E-state index in [0.29, 0.717) is 10.7 Å². The van der Waals surface area contributed by atoms with Crippen molar-refractivity contribution in [2.24, 2.45) is 0 Å². The minimum absolute atomic E-state index is 0.0000376. The second-order valence-corrected chi connectivity index (χ2v) is 5.68. The Morgan fingerprint density at radius 3 is 2.39 bits per heavy atom. The first-order chi connectivity index (χ1) is 10.9. The summed E-state index contributed by atoms with van der Waals surface area (Å²) >= 11 is 11.6. The second-order valence-electron chi connectivity index (χ2n) is 4.84. The predicted octanol–water partition coefficient (Wildman–Crippen LogP) is 3.84. The number of carbonyl (C=O) groups is 2. The number of anilines is 1. The van der Waals surface area contributed by atoms with E-state index >= 15 is 0 Å². The first-order valence-corrected chi connectivity index (χ1v) is 7.38. The maximum Gasteiger partial charge on any atom is 0.255 e. The molecule has 0 aliphatic heterocycles. The molecule has 0 bridgehead atoms. The molecule has 120 valence electrons. The molecule has 0 saturated heterocycles. The molecule has 2 rings (SSSR count). The molecule has 23 heavy (non-hydrogen) atoms. The molecule has 0 saturated carbocycles. The summed E-state index contributed by atoms with van der Waals surface area (Å²) in [7, 11) is 1.46. The molecule has 0 radical (unpaired) electrons. The van der Waals surface area contributed by atoms with Gasteiger partial charge in [0.1, 0.15) is 5.82 Å². The molecule has 2 amide bonds. The Morgan fingerprint density at radius 1 is 1.13 bits per heavy atom. The minimum atomic E-state index is -0.533. The van der Waals surface area contributed by atoms with Crippen molar-refractivity contribution in [3.05, 3.63) is 63.9 Å². The molecule has 7 heteroatoms. The highest BCUT2D eigenvalue weighted by Gasteiger charge is 2.18. The molecule has 2 aromatic carbocycles. The molecule has 0 aliphatic rings. The van der Waals surface area contributed by atoms with Gasteiger partial charge in [-0.1, -0.05) is 23.2 Å². The van der Waals surface area contributed by atoms with Crippen LogP contribution in [0.5, 0.6) is 0 Å². The number of amides is 2. The average molecular weight is 355 g/mol. The molecule has 0 atom stereocenters. The van der Waals surface area contributed by atoms with E-state index < -0.39 is 11.7 Å². The lowest BCUT2D eigenvalue weighted by Gasteiger charge is -2.17. The predicted molar refractivity (Wildman–Crippen MR) is 88.5 cm³/mol. The van der Waals surface area contributed by atoms with Crippen molar-refractivity contribution >= 4 is 40.7 Å². The van der Waals surface area contributed by atoms with Gasteiger partial charge in [0.15, 0.2) is 0 Å². The Balaban J connectivity index is 2.00. The van der Waals surface area contributed by atoms with Gasteiger partial charge in [-0.3, -0.25) is 9.59 Å². The first-order valence-electron chi connectivity index (χ1n) is 6.63. The number of benzene rings is 2. The summed E-state index contributed by atoms with van der Waals surface area (Å²) in [6.07, 6.45) is 0. The monoisotopic (exact) mass is 354 g/mol. The fraction of sp³-hybridized carbons (Fsp3) is 0.125. The summed E-state index contributed by atoms with van der Waals surface area (Å²) in [4.78, 5) is 25.4. The quantitative estimate of drug-likeness (QED) is 0.906. The summed E-state index contributed by atoms with van der Waals surface area (Å²) in [6.45, 7) is -0.171. The topological polar surface area (TPSA) is 49.4 Å². The zero-order chi connectivity index (χ0) is 17.0. The van der Waals surface area contributed by atoms with Gasteiger partial charge in [-0.15, -0.1) is 0 Å². The smallest absolute Gasteiger partial charge is 0.255 e. The number of nitrogens with zero attached hydrogens (tertiary/aromatic N) is 1. The van der Waals surface area contributed by atoms with Crippen LogP contribution in [0.1, 0.15) is 10.4 Å². The van der Waals surface area contributed by atoms with Crippen LogP contribution in [0.4, 0.5) is 10.1 Å². The van der Waals surface area contributed by atoms with Gasteiger partial charge in [0, 0.05) is 17.8 Å². The maximum absolute atomic E-state index is 13.0. The summed E-state index contributed by atoms with van der Waals surface area (Å²) < 4.78 is 13.0. The third-order valence-electron chi connectivity index (χ3n) is 3.02. The van der Waals surface area contributed by atoms with Crippen molar-refractivity contribution in [1.82, 2.24) is 4.90 Å². The largest absolute Gasteiger partial charge is 0.332 e. The van der Waals surface area contributed by atoms with E-state index in [1.165, 1.54) is 18.0 Å². The fourth-order valence-electron chi connectivity index (χ4n) is 1.89. The lowest BCUT2D eigenvalue weighted by atomic mass is 10.2. The molecule has 0 aliphatic carbocycles. The van der Waals surface area contributed by atoms with E-state index in [1.807, 2.05) is 0 Å². The van der Waals surface area contributed by atoms with Crippen LogP contribution in [-0.4, -0.2) is 30.3 Å². The highest BCUT2D eigenvalue weighted by Crippen LogP contribution is 2.19. The average Bonchev–Trinajstić information content (AvgIpc) is 2.49. The van der Waals surface area contributed by atoms with Gasteiger partial charge >= 0.3 is 0 Å². The van der Waals surface area contributed by atoms with Gasteiger partial charge in [-0.2, -0.15) is 0 Å². The first kappa shape index (κ1) is 17.2. The normalized spacial score (nSPS) is 10.3. The van der Waals surface area contributed by atoms with Crippen LogP contribution in [-0.2, 0) is 4.79 Å². The Kier molecular flexibility index (Phi) is 5.58. The number of halogens is 3. The van der Waals surface area contributed by atoms with Crippen LogP contribution in [0, 0.1) is 5.82 Å². The second kappa shape index (κ2) is 7.44. The zero-order valence-electron chi connectivity index (χ0n) is 12.1. The molecule has 2 aromatic rings. The molecular weight excluding hydrogens is 342 g/mol. The van der Waals surface area contributed by atoms with E-state index in [-0.39, 0.29) is 23.0 Å². The van der Waals surface area contributed by atoms with Crippen LogP contribution < -0.4 is 5.32 Å². The minimum Gasteiger partial charge on any atom is -0.332 e. The standard InChI is InChI=1S/C16H13Cl2FN2O2/c1-21(16(23)13-7-4-11(19)8-14(13)18)9-15(22)20-12-5-2-10(17)3-6-12/h2-8H,9H2,1H3,(H,20,22). The van der Waals surface area contributed by atoms with Gasteiger partial charge in [0.25, 0.3) is 5.91 Å². The lowest BCUT2D eigenvalue weighted by molar-refractivity contribution is -0.116. The summed E-state index contributed by atoms with van der Waals surface area (Å²) in [6, 6.07) is 10.1. The van der Waals surface area contributed by atoms with E-state index in [4.69, 9.17) is 23.2 Å². The number of nitrogens with one attached hydrogen (secondary N) is 1. The SMILES string of the molecule is CN(CC(=O)Nc1ccc(Cl)cc1)C(=O)c1ccc(F)cc1Cl. The number of rotatable bonds is 4. The van der Waals surface area contributed by atoms with Gasteiger partial charge in [-0.25, -0.2) is 4.39 Å². The van der Waals surface area contributed by atoms with Crippen molar-refractivity contribution < 1.29 is 14.0 Å². The Labute approximate surface area is 142 Å².